The molecule has 1 aromatic heterocycles. The maximum absolute atomic E-state index is 12.9. The number of rotatable bonds is 8. The zero-order chi connectivity index (χ0) is 18.7. The minimum atomic E-state index is -1.74. The van der Waals surface area contributed by atoms with Gasteiger partial charge in [0.15, 0.2) is 0 Å². The number of nitrogens with zero attached hydrogens (tertiary/aromatic N) is 3. The van der Waals surface area contributed by atoms with Crippen LogP contribution in [0.25, 0.3) is 0 Å². The van der Waals surface area contributed by atoms with E-state index in [0.717, 1.165) is 4.57 Å². The van der Waals surface area contributed by atoms with Gasteiger partial charge >= 0.3 is 17.1 Å². The van der Waals surface area contributed by atoms with Crippen molar-refractivity contribution in [2.75, 3.05) is 28.4 Å². The van der Waals surface area contributed by atoms with Crippen molar-refractivity contribution in [2.24, 2.45) is 0 Å². The summed E-state index contributed by atoms with van der Waals surface area (Å²) in [4.78, 5) is 38.2. The number of hydrogen-bond donors (Lipinski definition) is 0. The van der Waals surface area contributed by atoms with Gasteiger partial charge in [-0.25, -0.2) is 19.0 Å². The van der Waals surface area contributed by atoms with Crippen molar-refractivity contribution in [3.63, 3.8) is 0 Å². The van der Waals surface area contributed by atoms with Gasteiger partial charge in [-0.1, -0.05) is 6.08 Å². The van der Waals surface area contributed by atoms with E-state index in [9.17, 15) is 14.4 Å². The van der Waals surface area contributed by atoms with Gasteiger partial charge < -0.3 is 18.9 Å². The lowest BCUT2D eigenvalue weighted by atomic mass is 10.4. The zero-order valence-corrected chi connectivity index (χ0v) is 14.7. The van der Waals surface area contributed by atoms with Gasteiger partial charge in [-0.3, -0.25) is 0 Å². The van der Waals surface area contributed by atoms with E-state index in [-0.39, 0.29) is 6.54 Å². The van der Waals surface area contributed by atoms with Crippen LogP contribution in [0.4, 0.5) is 0 Å². The van der Waals surface area contributed by atoms with E-state index in [2.05, 4.69) is 6.58 Å². The summed E-state index contributed by atoms with van der Waals surface area (Å²) in [6, 6.07) is 0. The Bertz CT molecular complexity index is 710. The summed E-state index contributed by atoms with van der Waals surface area (Å²) in [5.41, 5.74) is -2.84. The van der Waals surface area contributed by atoms with Gasteiger partial charge in [-0.2, -0.15) is 9.13 Å². The Balaban J connectivity index is 4.11. The van der Waals surface area contributed by atoms with E-state index in [1.165, 1.54) is 48.4 Å². The maximum atomic E-state index is 12.9. The average molecular weight is 345 g/mol. The molecular weight excluding hydrogens is 322 g/mol. The summed E-state index contributed by atoms with van der Waals surface area (Å²) < 4.78 is 22.7. The van der Waals surface area contributed by atoms with Crippen molar-refractivity contribution in [1.82, 2.24) is 13.7 Å². The van der Waals surface area contributed by atoms with Crippen LogP contribution in [0.15, 0.2) is 27.0 Å². The molecule has 24 heavy (non-hydrogen) atoms. The van der Waals surface area contributed by atoms with Crippen molar-refractivity contribution >= 4 is 0 Å². The van der Waals surface area contributed by atoms with Gasteiger partial charge in [0.05, 0.1) is 6.54 Å². The second-order valence-electron chi connectivity index (χ2n) is 5.03. The molecule has 10 heteroatoms. The molecule has 0 aliphatic rings. The van der Waals surface area contributed by atoms with E-state index in [4.69, 9.17) is 18.9 Å². The fraction of sp³-hybridized carbons (Fsp3) is 0.643. The number of allylic oxidation sites excluding steroid dienone is 1. The Hall–Kier alpha value is -2.01. The normalized spacial score (nSPS) is 12.4. The topological polar surface area (TPSA) is 103 Å². The van der Waals surface area contributed by atoms with E-state index in [1.807, 2.05) is 0 Å². The van der Waals surface area contributed by atoms with Gasteiger partial charge in [0.1, 0.15) is 0 Å². The highest BCUT2D eigenvalue weighted by Gasteiger charge is 2.38. The van der Waals surface area contributed by atoms with Crippen LogP contribution in [0, 0.1) is 0 Å². The first-order valence-electron chi connectivity index (χ1n) is 6.98. The summed E-state index contributed by atoms with van der Waals surface area (Å²) in [7, 11) is 5.03. The van der Waals surface area contributed by atoms with Gasteiger partial charge in [-0.05, 0) is 0 Å². The van der Waals surface area contributed by atoms with E-state index < -0.39 is 28.9 Å². The molecule has 0 saturated heterocycles. The molecule has 0 fully saturated rings. The lowest BCUT2D eigenvalue weighted by molar-refractivity contribution is -0.274. The van der Waals surface area contributed by atoms with Crippen LogP contribution < -0.4 is 17.1 Å². The first-order valence-corrected chi connectivity index (χ1v) is 6.98. The molecule has 0 aliphatic carbocycles. The van der Waals surface area contributed by atoms with Crippen LogP contribution in [0.1, 0.15) is 13.8 Å². The predicted molar refractivity (Wildman–Crippen MR) is 84.8 cm³/mol. The van der Waals surface area contributed by atoms with Gasteiger partial charge in [0.2, 0.25) is 0 Å². The molecule has 0 aromatic carbocycles. The van der Waals surface area contributed by atoms with E-state index in [0.29, 0.717) is 9.13 Å². The molecule has 0 saturated carbocycles. The second kappa shape index (κ2) is 7.26. The highest BCUT2D eigenvalue weighted by molar-refractivity contribution is 4.87. The molecule has 10 nitrogen and oxygen atoms in total. The highest BCUT2D eigenvalue weighted by Crippen LogP contribution is 2.15. The summed E-state index contributed by atoms with van der Waals surface area (Å²) in [6.45, 7) is 6.09. The Morgan fingerprint density at radius 2 is 1.17 bits per heavy atom. The minimum Gasteiger partial charge on any atom is -0.336 e. The SMILES string of the molecule is C=CCn1c(=O)n(C(C)(OC)OC)c(=O)n(C(C)(OC)OC)c1=O. The summed E-state index contributed by atoms with van der Waals surface area (Å²) in [5, 5.41) is 0. The molecule has 0 N–H and O–H groups in total. The molecule has 1 heterocycles. The van der Waals surface area contributed by atoms with E-state index in [1.54, 1.807) is 0 Å². The standard InChI is InChI=1S/C14H23N3O7/c1-8-9-15-10(18)16(13(2,21-4)22-5)12(20)17(11(15)19)14(3,23-6)24-7/h8H,1,9H2,2-7H3. The largest absolute Gasteiger partial charge is 0.345 e. The number of ether oxygens (including phenoxy) is 4. The molecule has 0 aliphatic heterocycles. The molecule has 0 atom stereocenters. The van der Waals surface area contributed by atoms with Crippen LogP contribution in [0.3, 0.4) is 0 Å². The molecule has 0 amide bonds. The third-order valence-electron chi connectivity index (χ3n) is 3.87. The van der Waals surface area contributed by atoms with Crippen molar-refractivity contribution in [3.8, 4) is 0 Å². The Morgan fingerprint density at radius 3 is 1.42 bits per heavy atom. The van der Waals surface area contributed by atoms with Crippen LogP contribution in [-0.4, -0.2) is 42.1 Å². The van der Waals surface area contributed by atoms with Crippen LogP contribution >= 0.6 is 0 Å². The molecule has 136 valence electrons. The number of aromatic nitrogens is 3. The van der Waals surface area contributed by atoms with Crippen LogP contribution in [0.5, 0.6) is 0 Å². The molecule has 0 radical (unpaired) electrons. The summed E-state index contributed by atoms with van der Waals surface area (Å²) in [6.07, 6.45) is 1.34. The van der Waals surface area contributed by atoms with Gasteiger partial charge in [0, 0.05) is 42.3 Å². The fourth-order valence-electron chi connectivity index (χ4n) is 2.10. The minimum absolute atomic E-state index is 0.134. The molecular formula is C14H23N3O7. The van der Waals surface area contributed by atoms with Crippen LogP contribution in [0.2, 0.25) is 0 Å². The maximum Gasteiger partial charge on any atom is 0.345 e. The summed E-state index contributed by atoms with van der Waals surface area (Å²) >= 11 is 0. The third-order valence-corrected chi connectivity index (χ3v) is 3.87. The van der Waals surface area contributed by atoms with Crippen molar-refractivity contribution in [3.05, 3.63) is 44.1 Å². The smallest absolute Gasteiger partial charge is 0.336 e. The fourth-order valence-corrected chi connectivity index (χ4v) is 2.10. The zero-order valence-electron chi connectivity index (χ0n) is 14.7. The first-order chi connectivity index (χ1) is 11.2. The quantitative estimate of drug-likeness (QED) is 0.449. The first kappa shape index (κ1) is 20.0. The van der Waals surface area contributed by atoms with Gasteiger partial charge in [-0.15, -0.1) is 6.58 Å². The highest BCUT2D eigenvalue weighted by atomic mass is 16.7. The molecule has 1 aromatic rings. The monoisotopic (exact) mass is 345 g/mol. The lowest BCUT2D eigenvalue weighted by Gasteiger charge is -2.32. The molecule has 0 unspecified atom stereocenters. The van der Waals surface area contributed by atoms with Crippen molar-refractivity contribution in [1.29, 1.82) is 0 Å². The lowest BCUT2D eigenvalue weighted by Crippen LogP contribution is -2.64. The predicted octanol–water partition coefficient (Wildman–Crippen LogP) is -0.796. The van der Waals surface area contributed by atoms with Gasteiger partial charge in [0.25, 0.3) is 11.8 Å². The molecule has 0 bridgehead atoms. The molecule has 0 spiro atoms. The number of methoxy groups -OCH3 is 4. The third kappa shape index (κ3) is 3.00. The summed E-state index contributed by atoms with van der Waals surface area (Å²) in [5.74, 6) is -3.48. The molecule has 1 rings (SSSR count). The van der Waals surface area contributed by atoms with Crippen molar-refractivity contribution < 1.29 is 18.9 Å². The number of hydrogen-bond acceptors (Lipinski definition) is 7. The Morgan fingerprint density at radius 1 is 0.833 bits per heavy atom. The van der Waals surface area contributed by atoms with Crippen molar-refractivity contribution in [2.45, 2.75) is 32.2 Å². The average Bonchev–Trinajstić information content (AvgIpc) is 2.57. The van der Waals surface area contributed by atoms with Crippen LogP contribution in [-0.2, 0) is 37.3 Å². The second-order valence-corrected chi connectivity index (χ2v) is 5.03. The Labute approximate surface area is 138 Å². The Kier molecular flexibility index (Phi) is 6.06. The van der Waals surface area contributed by atoms with E-state index >= 15 is 0 Å².